The Morgan fingerprint density at radius 3 is 2.76 bits per heavy atom. The van der Waals surface area contributed by atoms with Gasteiger partial charge in [-0.3, -0.25) is 0 Å². The van der Waals surface area contributed by atoms with Gasteiger partial charge in [0.1, 0.15) is 0 Å². The van der Waals surface area contributed by atoms with Crippen LogP contribution in [0.1, 0.15) is 17.9 Å². The molecule has 1 aliphatic carbocycles. The van der Waals surface area contributed by atoms with Gasteiger partial charge in [0.05, 0.1) is 13.2 Å². The zero-order chi connectivity index (χ0) is 14.8. The smallest absolute Gasteiger partial charge is 0.328 e. The Hall–Kier alpha value is -2.08. The maximum Gasteiger partial charge on any atom is 0.328 e. The third-order valence-electron chi connectivity index (χ3n) is 4.00. The van der Waals surface area contributed by atoms with Crippen molar-refractivity contribution in [3.05, 3.63) is 35.9 Å². The third-order valence-corrected chi connectivity index (χ3v) is 4.00. The lowest BCUT2D eigenvalue weighted by Gasteiger charge is -2.32. The predicted molar refractivity (Wildman–Crippen MR) is 75.1 cm³/mol. The van der Waals surface area contributed by atoms with Crippen molar-refractivity contribution in [1.82, 2.24) is 10.2 Å². The molecule has 6 heteroatoms. The van der Waals surface area contributed by atoms with Gasteiger partial charge in [0.15, 0.2) is 6.04 Å². The van der Waals surface area contributed by atoms with Crippen molar-refractivity contribution in [3.63, 3.8) is 0 Å². The molecule has 2 N–H and O–H groups in total. The first-order chi connectivity index (χ1) is 10.2. The highest BCUT2D eigenvalue weighted by Gasteiger charge is 2.42. The number of carbonyl (C=O) groups is 2. The molecule has 1 saturated heterocycles. The zero-order valence-corrected chi connectivity index (χ0v) is 11.6. The van der Waals surface area contributed by atoms with Gasteiger partial charge in [0.2, 0.25) is 0 Å². The van der Waals surface area contributed by atoms with Crippen molar-refractivity contribution in [2.24, 2.45) is 0 Å². The van der Waals surface area contributed by atoms with E-state index in [1.807, 2.05) is 30.3 Å². The van der Waals surface area contributed by atoms with Crippen LogP contribution in [0.5, 0.6) is 0 Å². The maximum absolute atomic E-state index is 12.2. The molecule has 3 atom stereocenters. The van der Waals surface area contributed by atoms with E-state index in [0.29, 0.717) is 19.1 Å². The van der Waals surface area contributed by atoms with Crippen LogP contribution in [0.3, 0.4) is 0 Å². The molecule has 2 fully saturated rings. The van der Waals surface area contributed by atoms with Crippen molar-refractivity contribution in [2.45, 2.75) is 24.4 Å². The number of hydrogen-bond donors (Lipinski definition) is 2. The normalized spacial score (nSPS) is 28.0. The van der Waals surface area contributed by atoms with E-state index in [1.54, 1.807) is 0 Å². The van der Waals surface area contributed by atoms with Crippen LogP contribution >= 0.6 is 0 Å². The Labute approximate surface area is 122 Å². The average Bonchev–Trinajstić information content (AvgIpc) is 3.27. The Balaban J connectivity index is 1.58. The minimum absolute atomic E-state index is 0.0511. The fraction of sp³-hybridized carbons (Fsp3) is 0.467. The third kappa shape index (κ3) is 3.00. The summed E-state index contributed by atoms with van der Waals surface area (Å²) in [6, 6.07) is 8.91. The summed E-state index contributed by atoms with van der Waals surface area (Å²) in [7, 11) is 0. The number of nitrogens with one attached hydrogen (secondary N) is 1. The van der Waals surface area contributed by atoms with Gasteiger partial charge in [-0.25, -0.2) is 9.59 Å². The van der Waals surface area contributed by atoms with Crippen molar-refractivity contribution < 1.29 is 19.4 Å². The highest BCUT2D eigenvalue weighted by atomic mass is 16.5. The second kappa shape index (κ2) is 5.73. The number of hydrogen-bond acceptors (Lipinski definition) is 3. The highest BCUT2D eigenvalue weighted by molar-refractivity contribution is 5.83. The van der Waals surface area contributed by atoms with Crippen LogP contribution in [0.25, 0.3) is 0 Å². The standard InChI is InChI=1S/C15H18N2O4/c18-14(19)13-9-21-7-6-17(13)15(20)16-12-8-11(12)10-4-2-1-3-5-10/h1-5,11-13H,6-9H2,(H,16,20)(H,18,19). The molecule has 2 aliphatic rings. The quantitative estimate of drug-likeness (QED) is 0.871. The van der Waals surface area contributed by atoms with Crippen LogP contribution in [-0.4, -0.2) is 53.8 Å². The SMILES string of the molecule is O=C(O)C1COCCN1C(=O)NC1CC1c1ccccc1. The molecular formula is C15H18N2O4. The number of benzene rings is 1. The lowest BCUT2D eigenvalue weighted by atomic mass is 10.1. The molecule has 0 spiro atoms. The molecule has 1 heterocycles. The first-order valence-corrected chi connectivity index (χ1v) is 7.09. The Kier molecular flexibility index (Phi) is 3.79. The Bertz CT molecular complexity index is 534. The van der Waals surface area contributed by atoms with Crippen LogP contribution in [0.4, 0.5) is 4.79 Å². The summed E-state index contributed by atoms with van der Waals surface area (Å²) < 4.78 is 5.13. The number of rotatable bonds is 3. The van der Waals surface area contributed by atoms with Crippen LogP contribution in [-0.2, 0) is 9.53 Å². The highest BCUT2D eigenvalue weighted by Crippen LogP contribution is 2.40. The molecule has 3 unspecified atom stereocenters. The van der Waals surface area contributed by atoms with Gasteiger partial charge in [-0.05, 0) is 12.0 Å². The van der Waals surface area contributed by atoms with E-state index in [0.717, 1.165) is 6.42 Å². The zero-order valence-electron chi connectivity index (χ0n) is 11.6. The number of morpholine rings is 1. The number of nitrogens with zero attached hydrogens (tertiary/aromatic N) is 1. The molecular weight excluding hydrogens is 272 g/mol. The molecule has 2 amide bonds. The van der Waals surface area contributed by atoms with E-state index < -0.39 is 12.0 Å². The maximum atomic E-state index is 12.2. The van der Waals surface area contributed by atoms with Crippen molar-refractivity contribution in [1.29, 1.82) is 0 Å². The summed E-state index contributed by atoms with van der Waals surface area (Å²) in [6.07, 6.45) is 0.901. The van der Waals surface area contributed by atoms with Gasteiger partial charge >= 0.3 is 12.0 Å². The molecule has 1 aromatic carbocycles. The summed E-state index contributed by atoms with van der Waals surface area (Å²) >= 11 is 0. The van der Waals surface area contributed by atoms with Gasteiger partial charge in [-0.15, -0.1) is 0 Å². The van der Waals surface area contributed by atoms with Gasteiger partial charge in [-0.2, -0.15) is 0 Å². The summed E-state index contributed by atoms with van der Waals surface area (Å²) in [5.41, 5.74) is 1.21. The fourth-order valence-corrected chi connectivity index (χ4v) is 2.72. The molecule has 3 rings (SSSR count). The fourth-order valence-electron chi connectivity index (χ4n) is 2.72. The summed E-state index contributed by atoms with van der Waals surface area (Å²) in [5.74, 6) is -0.695. The topological polar surface area (TPSA) is 78.9 Å². The van der Waals surface area contributed by atoms with Crippen molar-refractivity contribution >= 4 is 12.0 Å². The monoisotopic (exact) mass is 290 g/mol. The van der Waals surface area contributed by atoms with Crippen molar-refractivity contribution in [2.75, 3.05) is 19.8 Å². The second-order valence-corrected chi connectivity index (χ2v) is 5.43. The average molecular weight is 290 g/mol. The first-order valence-electron chi connectivity index (χ1n) is 7.09. The van der Waals surface area contributed by atoms with E-state index in [9.17, 15) is 9.59 Å². The van der Waals surface area contributed by atoms with Crippen LogP contribution in [0.2, 0.25) is 0 Å². The van der Waals surface area contributed by atoms with Crippen LogP contribution in [0, 0.1) is 0 Å². The molecule has 0 radical (unpaired) electrons. The lowest BCUT2D eigenvalue weighted by molar-refractivity contribution is -0.147. The van der Waals surface area contributed by atoms with E-state index in [2.05, 4.69) is 5.32 Å². The number of carboxylic acids is 1. The summed E-state index contributed by atoms with van der Waals surface area (Å²) in [4.78, 5) is 24.7. The van der Waals surface area contributed by atoms with Gasteiger partial charge < -0.3 is 20.1 Å². The number of ether oxygens (including phenoxy) is 1. The lowest BCUT2D eigenvalue weighted by Crippen LogP contribution is -2.56. The second-order valence-electron chi connectivity index (χ2n) is 5.43. The number of aliphatic carboxylic acids is 1. The number of carbonyl (C=O) groups excluding carboxylic acids is 1. The van der Waals surface area contributed by atoms with Crippen LogP contribution < -0.4 is 5.32 Å². The number of carboxylic acid groups (broad SMARTS) is 1. The minimum atomic E-state index is -1.03. The summed E-state index contributed by atoms with van der Waals surface area (Å²) in [6.45, 7) is 0.741. The van der Waals surface area contributed by atoms with Gasteiger partial charge in [-0.1, -0.05) is 30.3 Å². The molecule has 0 aromatic heterocycles. The largest absolute Gasteiger partial charge is 0.480 e. The Morgan fingerprint density at radius 2 is 2.05 bits per heavy atom. The Morgan fingerprint density at radius 1 is 1.29 bits per heavy atom. The van der Waals surface area contributed by atoms with Gasteiger partial charge in [0.25, 0.3) is 0 Å². The van der Waals surface area contributed by atoms with Crippen LogP contribution in [0.15, 0.2) is 30.3 Å². The molecule has 1 aromatic rings. The number of amides is 2. The molecule has 1 aliphatic heterocycles. The molecule has 21 heavy (non-hydrogen) atoms. The first kappa shape index (κ1) is 13.9. The molecule has 112 valence electrons. The summed E-state index contributed by atoms with van der Waals surface area (Å²) in [5, 5.41) is 12.1. The van der Waals surface area contributed by atoms with E-state index >= 15 is 0 Å². The molecule has 1 saturated carbocycles. The van der Waals surface area contributed by atoms with Crippen molar-refractivity contribution in [3.8, 4) is 0 Å². The molecule has 6 nitrogen and oxygen atoms in total. The minimum Gasteiger partial charge on any atom is -0.480 e. The predicted octanol–water partition coefficient (Wildman–Crippen LogP) is 1.04. The molecule has 0 bridgehead atoms. The van der Waals surface area contributed by atoms with Gasteiger partial charge in [0, 0.05) is 18.5 Å². The van der Waals surface area contributed by atoms with E-state index in [-0.39, 0.29) is 18.7 Å². The van der Waals surface area contributed by atoms with E-state index in [4.69, 9.17) is 9.84 Å². The number of urea groups is 1. The van der Waals surface area contributed by atoms with E-state index in [1.165, 1.54) is 10.5 Å².